The second kappa shape index (κ2) is 8.92. The minimum Gasteiger partial charge on any atom is -0.508 e. The minimum atomic E-state index is -0.724. The number of hydrogen-bond donors (Lipinski definition) is 1. The lowest BCUT2D eigenvalue weighted by Crippen LogP contribution is -2.65. The summed E-state index contributed by atoms with van der Waals surface area (Å²) in [5.41, 5.74) is 2.37. The molecule has 31 heavy (non-hydrogen) atoms. The zero-order valence-electron chi connectivity index (χ0n) is 17.1. The van der Waals surface area contributed by atoms with Crippen LogP contribution in [-0.4, -0.2) is 30.1 Å². The van der Waals surface area contributed by atoms with Gasteiger partial charge < -0.3 is 14.6 Å². The number of ether oxygens (including phenoxy) is 2. The molecule has 0 aromatic heterocycles. The van der Waals surface area contributed by atoms with Crippen LogP contribution in [0.25, 0.3) is 0 Å². The Morgan fingerprint density at radius 1 is 0.935 bits per heavy atom. The highest BCUT2D eigenvalue weighted by atomic mass is 16.5. The van der Waals surface area contributed by atoms with Crippen molar-refractivity contribution in [2.24, 2.45) is 5.92 Å². The van der Waals surface area contributed by atoms with E-state index in [2.05, 4.69) is 0 Å². The molecule has 158 valence electrons. The first kappa shape index (κ1) is 20.5. The first-order valence-electron chi connectivity index (χ1n) is 10.0. The van der Waals surface area contributed by atoms with Gasteiger partial charge in [0.05, 0.1) is 13.0 Å². The molecule has 1 amide bonds. The van der Waals surface area contributed by atoms with E-state index >= 15 is 0 Å². The first-order chi connectivity index (χ1) is 15.1. The molecule has 1 fully saturated rings. The minimum absolute atomic E-state index is 0.139. The summed E-state index contributed by atoms with van der Waals surface area (Å²) in [6.07, 6.45) is 0.386. The number of anilines is 1. The molecule has 4 rings (SSSR count). The zero-order chi connectivity index (χ0) is 21.8. The number of hydrogen-bond acceptors (Lipinski definition) is 5. The van der Waals surface area contributed by atoms with E-state index in [0.717, 1.165) is 11.1 Å². The van der Waals surface area contributed by atoms with Crippen molar-refractivity contribution < 1.29 is 24.2 Å². The van der Waals surface area contributed by atoms with Gasteiger partial charge in [0.2, 0.25) is 5.91 Å². The summed E-state index contributed by atoms with van der Waals surface area (Å²) in [6, 6.07) is 22.4. The SMILES string of the molecule is COc1ccc(N2C(=O)[C@@H](Cc3ccc(O)cc3)[C@H]2C(=O)OCc2ccccc2)cc1. The summed E-state index contributed by atoms with van der Waals surface area (Å²) < 4.78 is 10.8. The lowest BCUT2D eigenvalue weighted by atomic mass is 9.81. The van der Waals surface area contributed by atoms with Crippen molar-refractivity contribution in [2.75, 3.05) is 12.0 Å². The highest BCUT2D eigenvalue weighted by Gasteiger charge is 2.52. The number of carbonyl (C=O) groups excluding carboxylic acids is 2. The van der Waals surface area contributed by atoms with Crippen LogP contribution >= 0.6 is 0 Å². The summed E-state index contributed by atoms with van der Waals surface area (Å²) in [7, 11) is 1.57. The smallest absolute Gasteiger partial charge is 0.330 e. The van der Waals surface area contributed by atoms with Crippen LogP contribution in [0.4, 0.5) is 5.69 Å². The number of esters is 1. The second-order valence-corrected chi connectivity index (χ2v) is 7.42. The van der Waals surface area contributed by atoms with Gasteiger partial charge in [-0.1, -0.05) is 42.5 Å². The summed E-state index contributed by atoms with van der Waals surface area (Å²) in [5, 5.41) is 9.51. The van der Waals surface area contributed by atoms with Crippen LogP contribution in [-0.2, 0) is 27.4 Å². The summed E-state index contributed by atoms with van der Waals surface area (Å²) in [6.45, 7) is 0.146. The van der Waals surface area contributed by atoms with Crippen molar-refractivity contribution >= 4 is 17.6 Å². The number of benzene rings is 3. The van der Waals surface area contributed by atoms with Gasteiger partial charge in [0, 0.05) is 5.69 Å². The van der Waals surface area contributed by atoms with E-state index in [4.69, 9.17) is 9.47 Å². The number of rotatable bonds is 7. The molecule has 6 nitrogen and oxygen atoms in total. The topological polar surface area (TPSA) is 76.1 Å². The van der Waals surface area contributed by atoms with Crippen LogP contribution in [0.5, 0.6) is 11.5 Å². The molecule has 6 heteroatoms. The van der Waals surface area contributed by atoms with E-state index in [9.17, 15) is 14.7 Å². The molecule has 2 atom stereocenters. The number of amides is 1. The average molecular weight is 417 g/mol. The fourth-order valence-electron chi connectivity index (χ4n) is 3.75. The predicted octanol–water partition coefficient (Wildman–Crippen LogP) is 3.72. The molecule has 0 spiro atoms. The highest BCUT2D eigenvalue weighted by molar-refractivity contribution is 6.10. The third-order valence-electron chi connectivity index (χ3n) is 5.42. The van der Waals surface area contributed by atoms with Gasteiger partial charge in [0.15, 0.2) is 0 Å². The van der Waals surface area contributed by atoms with Gasteiger partial charge in [0.1, 0.15) is 24.1 Å². The van der Waals surface area contributed by atoms with Crippen molar-refractivity contribution in [3.63, 3.8) is 0 Å². The molecule has 0 bridgehead atoms. The zero-order valence-corrected chi connectivity index (χ0v) is 17.1. The molecule has 1 N–H and O–H groups in total. The summed E-state index contributed by atoms with van der Waals surface area (Å²) in [5.74, 6) is -0.291. The van der Waals surface area contributed by atoms with Crippen molar-refractivity contribution in [1.82, 2.24) is 0 Å². The van der Waals surface area contributed by atoms with Crippen LogP contribution in [0.15, 0.2) is 78.9 Å². The van der Waals surface area contributed by atoms with E-state index in [1.54, 1.807) is 55.6 Å². The lowest BCUT2D eigenvalue weighted by Gasteiger charge is -2.45. The van der Waals surface area contributed by atoms with E-state index < -0.39 is 17.9 Å². The Labute approximate surface area is 180 Å². The first-order valence-corrected chi connectivity index (χ1v) is 10.0. The van der Waals surface area contributed by atoms with Gasteiger partial charge in [0.25, 0.3) is 0 Å². The van der Waals surface area contributed by atoms with Crippen LogP contribution in [0, 0.1) is 5.92 Å². The number of nitrogens with zero attached hydrogens (tertiary/aromatic N) is 1. The Bertz CT molecular complexity index is 1050. The third-order valence-corrected chi connectivity index (χ3v) is 5.42. The van der Waals surface area contributed by atoms with Crippen LogP contribution < -0.4 is 9.64 Å². The molecule has 3 aromatic rings. The van der Waals surface area contributed by atoms with Gasteiger partial charge >= 0.3 is 5.97 Å². The van der Waals surface area contributed by atoms with E-state index in [0.29, 0.717) is 17.9 Å². The summed E-state index contributed by atoms with van der Waals surface area (Å²) >= 11 is 0. The Balaban J connectivity index is 1.55. The lowest BCUT2D eigenvalue weighted by molar-refractivity contribution is -0.155. The standard InChI is InChI=1S/C25H23NO5/c1-30-21-13-9-19(10-14-21)26-23(25(29)31-16-18-5-3-2-4-6-18)22(24(26)28)15-17-7-11-20(27)12-8-17/h2-14,22-23,27H,15-16H2,1H3/t22-,23-/m0/s1. The number of carbonyl (C=O) groups is 2. The molecule has 1 aliphatic heterocycles. The molecule has 0 aliphatic carbocycles. The van der Waals surface area contributed by atoms with Crippen molar-refractivity contribution in [3.8, 4) is 11.5 Å². The average Bonchev–Trinajstić information content (AvgIpc) is 2.81. The van der Waals surface area contributed by atoms with Gasteiger partial charge in [-0.3, -0.25) is 9.69 Å². The van der Waals surface area contributed by atoms with E-state index in [-0.39, 0.29) is 18.3 Å². The van der Waals surface area contributed by atoms with Crippen LogP contribution in [0.3, 0.4) is 0 Å². The maximum atomic E-state index is 13.0. The summed E-state index contributed by atoms with van der Waals surface area (Å²) in [4.78, 5) is 27.5. The molecule has 1 aliphatic rings. The predicted molar refractivity (Wildman–Crippen MR) is 116 cm³/mol. The Morgan fingerprint density at radius 3 is 2.26 bits per heavy atom. The molecule has 1 heterocycles. The van der Waals surface area contributed by atoms with Gasteiger partial charge in [-0.2, -0.15) is 0 Å². The van der Waals surface area contributed by atoms with Gasteiger partial charge in [-0.05, 0) is 53.9 Å². The highest BCUT2D eigenvalue weighted by Crippen LogP contribution is 2.36. The third kappa shape index (κ3) is 4.38. The number of aromatic hydroxyl groups is 1. The van der Waals surface area contributed by atoms with Crippen molar-refractivity contribution in [3.05, 3.63) is 90.0 Å². The molecule has 3 aromatic carbocycles. The number of methoxy groups -OCH3 is 1. The maximum absolute atomic E-state index is 13.0. The van der Waals surface area contributed by atoms with Crippen LogP contribution in [0.2, 0.25) is 0 Å². The second-order valence-electron chi connectivity index (χ2n) is 7.42. The van der Waals surface area contributed by atoms with E-state index in [1.165, 1.54) is 4.90 Å². The van der Waals surface area contributed by atoms with E-state index in [1.807, 2.05) is 30.3 Å². The Morgan fingerprint density at radius 2 is 1.61 bits per heavy atom. The maximum Gasteiger partial charge on any atom is 0.330 e. The van der Waals surface area contributed by atoms with Crippen LogP contribution in [0.1, 0.15) is 11.1 Å². The van der Waals surface area contributed by atoms with Gasteiger partial charge in [-0.25, -0.2) is 4.79 Å². The fraction of sp³-hybridized carbons (Fsp3) is 0.200. The monoisotopic (exact) mass is 417 g/mol. The van der Waals surface area contributed by atoms with Gasteiger partial charge in [-0.15, -0.1) is 0 Å². The molecular weight excluding hydrogens is 394 g/mol. The van der Waals surface area contributed by atoms with Crippen molar-refractivity contribution in [1.29, 1.82) is 0 Å². The number of β-lactam (4-membered cyclic amide) rings is 1. The molecule has 0 unspecified atom stereocenters. The largest absolute Gasteiger partial charge is 0.508 e. The molecule has 1 saturated heterocycles. The number of phenolic OH excluding ortho intramolecular Hbond substituents is 1. The molecule has 0 radical (unpaired) electrons. The number of phenols is 1. The quantitative estimate of drug-likeness (QED) is 0.468. The normalized spacial score (nSPS) is 17.7. The Kier molecular flexibility index (Phi) is 5.89. The fourth-order valence-corrected chi connectivity index (χ4v) is 3.75. The van der Waals surface area contributed by atoms with Crippen molar-refractivity contribution in [2.45, 2.75) is 19.1 Å². The molecule has 0 saturated carbocycles. The molecular formula is C25H23NO5. The Hall–Kier alpha value is -3.80.